The van der Waals surface area contributed by atoms with Gasteiger partial charge < -0.3 is 0 Å². The first-order chi connectivity index (χ1) is 12.9. The standard InChI is InChI=1S/C26H22N.Ir/c1-16-23-20-12-6-5-11-19(20)21-13-8-14-22(24(21)23)27-25(16)17-9-7-10-18(15-17)26(2,3)4;/h5-8,10-15H,1-4H3;/q-1;. The zero-order chi connectivity index (χ0) is 18.8. The zero-order valence-electron chi connectivity index (χ0n) is 16.6. The van der Waals surface area contributed by atoms with E-state index in [1.807, 2.05) is 6.07 Å². The van der Waals surface area contributed by atoms with Crippen LogP contribution in [0.5, 0.6) is 0 Å². The van der Waals surface area contributed by atoms with Crippen LogP contribution < -0.4 is 0 Å². The van der Waals surface area contributed by atoms with Crippen LogP contribution in [0.15, 0.2) is 60.7 Å². The molecule has 0 amide bonds. The second kappa shape index (κ2) is 6.65. The van der Waals surface area contributed by atoms with E-state index in [4.69, 9.17) is 4.98 Å². The quantitative estimate of drug-likeness (QED) is 0.210. The van der Waals surface area contributed by atoms with Gasteiger partial charge in [0.2, 0.25) is 0 Å². The van der Waals surface area contributed by atoms with Crippen molar-refractivity contribution in [1.82, 2.24) is 4.98 Å². The van der Waals surface area contributed by atoms with E-state index >= 15 is 0 Å². The van der Waals surface area contributed by atoms with Gasteiger partial charge in [-0.25, -0.2) is 0 Å². The van der Waals surface area contributed by atoms with Crippen molar-refractivity contribution in [3.63, 3.8) is 0 Å². The van der Waals surface area contributed by atoms with Gasteiger partial charge in [-0.3, -0.25) is 4.98 Å². The van der Waals surface area contributed by atoms with Gasteiger partial charge in [-0.2, -0.15) is 0 Å². The monoisotopic (exact) mass is 541 g/mol. The van der Waals surface area contributed by atoms with Gasteiger partial charge in [-0.15, -0.1) is 35.4 Å². The summed E-state index contributed by atoms with van der Waals surface area (Å²) in [5.41, 5.74) is 11.1. The molecule has 0 saturated heterocycles. The van der Waals surface area contributed by atoms with Crippen molar-refractivity contribution in [3.05, 3.63) is 77.9 Å². The molecule has 141 valence electrons. The first-order valence-electron chi connectivity index (χ1n) is 9.51. The molecule has 1 aliphatic rings. The number of hydrogen-bond donors (Lipinski definition) is 0. The van der Waals surface area contributed by atoms with E-state index in [9.17, 15) is 0 Å². The molecular formula is C26H22IrN-. The third-order valence-electron chi connectivity index (χ3n) is 5.66. The minimum Gasteiger partial charge on any atom is -0.296 e. The third-order valence-corrected chi connectivity index (χ3v) is 5.66. The number of benzene rings is 3. The fraction of sp³-hybridized carbons (Fsp3) is 0.192. The minimum absolute atomic E-state index is 0. The first-order valence-corrected chi connectivity index (χ1v) is 9.51. The normalized spacial score (nSPS) is 12.0. The van der Waals surface area contributed by atoms with Crippen LogP contribution >= 0.6 is 0 Å². The fourth-order valence-electron chi connectivity index (χ4n) is 4.24. The number of hydrogen-bond acceptors (Lipinski definition) is 1. The third kappa shape index (κ3) is 2.75. The molecule has 0 spiro atoms. The van der Waals surface area contributed by atoms with Gasteiger partial charge in [0.25, 0.3) is 0 Å². The average Bonchev–Trinajstić information content (AvgIpc) is 3.00. The largest absolute Gasteiger partial charge is 0.296 e. The Kier molecular flexibility index (Phi) is 4.53. The number of nitrogens with zero attached hydrogens (tertiary/aromatic N) is 1. The van der Waals surface area contributed by atoms with Crippen molar-refractivity contribution >= 4 is 10.9 Å². The summed E-state index contributed by atoms with van der Waals surface area (Å²) in [4.78, 5) is 5.08. The van der Waals surface area contributed by atoms with Crippen LogP contribution in [0.3, 0.4) is 0 Å². The second-order valence-electron chi connectivity index (χ2n) is 8.45. The summed E-state index contributed by atoms with van der Waals surface area (Å²) >= 11 is 0. The maximum absolute atomic E-state index is 5.08. The Morgan fingerprint density at radius 2 is 1.57 bits per heavy atom. The molecule has 4 aromatic rings. The molecule has 3 aromatic carbocycles. The summed E-state index contributed by atoms with van der Waals surface area (Å²) in [7, 11) is 0. The van der Waals surface area contributed by atoms with E-state index in [2.05, 4.69) is 88.4 Å². The number of aromatic nitrogens is 1. The second-order valence-corrected chi connectivity index (χ2v) is 8.45. The van der Waals surface area contributed by atoms with E-state index in [1.165, 1.54) is 38.8 Å². The summed E-state index contributed by atoms with van der Waals surface area (Å²) in [5, 5.41) is 1.28. The smallest absolute Gasteiger partial charge is 0.0608 e. The molecule has 0 saturated carbocycles. The van der Waals surface area contributed by atoms with Crippen LogP contribution in [0.1, 0.15) is 31.9 Å². The summed E-state index contributed by atoms with van der Waals surface area (Å²) in [6.07, 6.45) is 0. The van der Waals surface area contributed by atoms with Gasteiger partial charge in [0.1, 0.15) is 0 Å². The van der Waals surface area contributed by atoms with Crippen LogP contribution in [0.4, 0.5) is 0 Å². The first kappa shape index (κ1) is 19.1. The molecule has 2 heteroatoms. The van der Waals surface area contributed by atoms with Crippen molar-refractivity contribution < 1.29 is 20.1 Å². The SMILES string of the molecule is Cc1c(-c2[c-]ccc(C(C)(C)C)c2)nc2cccc3c2c1-c1ccccc1-3.[Ir]. The molecule has 1 heterocycles. The van der Waals surface area contributed by atoms with Gasteiger partial charge >= 0.3 is 0 Å². The van der Waals surface area contributed by atoms with Crippen LogP contribution in [-0.4, -0.2) is 4.98 Å². The number of fused-ring (bicyclic) bond motifs is 3. The molecule has 1 radical (unpaired) electrons. The van der Waals surface area contributed by atoms with Gasteiger partial charge in [-0.05, 0) is 46.4 Å². The zero-order valence-corrected chi connectivity index (χ0v) is 18.9. The fourth-order valence-corrected chi connectivity index (χ4v) is 4.24. The Balaban J connectivity index is 0.00000192. The summed E-state index contributed by atoms with van der Waals surface area (Å²) in [6, 6.07) is 25.0. The topological polar surface area (TPSA) is 12.9 Å². The van der Waals surface area contributed by atoms with Crippen LogP contribution in [-0.2, 0) is 25.5 Å². The van der Waals surface area contributed by atoms with Gasteiger partial charge in [0.05, 0.1) is 5.52 Å². The molecule has 0 atom stereocenters. The average molecular weight is 541 g/mol. The summed E-state index contributed by atoms with van der Waals surface area (Å²) in [6.45, 7) is 8.94. The molecule has 0 fully saturated rings. The van der Waals surface area contributed by atoms with E-state index in [0.717, 1.165) is 16.8 Å². The maximum atomic E-state index is 5.08. The van der Waals surface area contributed by atoms with Crippen molar-refractivity contribution in [2.24, 2.45) is 0 Å². The predicted molar refractivity (Wildman–Crippen MR) is 114 cm³/mol. The minimum atomic E-state index is 0. The Bertz CT molecular complexity index is 1220. The van der Waals surface area contributed by atoms with Crippen molar-refractivity contribution in [1.29, 1.82) is 0 Å². The van der Waals surface area contributed by atoms with E-state index in [0.29, 0.717) is 0 Å². The van der Waals surface area contributed by atoms with Gasteiger partial charge in [-0.1, -0.05) is 62.7 Å². The van der Waals surface area contributed by atoms with Crippen LogP contribution in [0.25, 0.3) is 44.4 Å². The Morgan fingerprint density at radius 1 is 0.857 bits per heavy atom. The van der Waals surface area contributed by atoms with Crippen LogP contribution in [0.2, 0.25) is 0 Å². The Morgan fingerprint density at radius 3 is 2.32 bits per heavy atom. The predicted octanol–water partition coefficient (Wildman–Crippen LogP) is 6.95. The summed E-state index contributed by atoms with van der Waals surface area (Å²) < 4.78 is 0. The molecule has 0 aliphatic heterocycles. The Hall–Kier alpha value is -2.28. The number of pyridine rings is 1. The Labute approximate surface area is 180 Å². The van der Waals surface area contributed by atoms with Crippen molar-refractivity contribution in [3.8, 4) is 33.5 Å². The number of rotatable bonds is 1. The van der Waals surface area contributed by atoms with Crippen LogP contribution in [0, 0.1) is 13.0 Å². The molecular weight excluding hydrogens is 519 g/mol. The molecule has 0 N–H and O–H groups in total. The van der Waals surface area contributed by atoms with E-state index < -0.39 is 0 Å². The maximum Gasteiger partial charge on any atom is 0.0608 e. The molecule has 1 aromatic heterocycles. The van der Waals surface area contributed by atoms with E-state index in [-0.39, 0.29) is 25.5 Å². The van der Waals surface area contributed by atoms with Gasteiger partial charge in [0, 0.05) is 25.5 Å². The molecule has 1 nitrogen and oxygen atoms in total. The van der Waals surface area contributed by atoms with Crippen molar-refractivity contribution in [2.75, 3.05) is 0 Å². The summed E-state index contributed by atoms with van der Waals surface area (Å²) in [5.74, 6) is 0. The molecule has 1 aliphatic carbocycles. The molecule has 0 unspecified atom stereocenters. The van der Waals surface area contributed by atoms with Crippen molar-refractivity contribution in [2.45, 2.75) is 33.1 Å². The van der Waals surface area contributed by atoms with E-state index in [1.54, 1.807) is 0 Å². The molecule has 5 rings (SSSR count). The molecule has 28 heavy (non-hydrogen) atoms. The molecule has 0 bridgehead atoms. The van der Waals surface area contributed by atoms with Gasteiger partial charge in [0.15, 0.2) is 0 Å².